The smallest absolute Gasteiger partial charge is 0.120 e. The molecule has 2 heteroatoms. The molecule has 16 heavy (non-hydrogen) atoms. The Balaban J connectivity index is 2.61. The molecular formula is C14H13NO. The normalized spacial score (nSPS) is 18.6. The maximum Gasteiger partial charge on any atom is 0.120 e. The molecule has 2 unspecified atom stereocenters. The Morgan fingerprint density at radius 2 is 2.06 bits per heavy atom. The van der Waals surface area contributed by atoms with Crippen molar-refractivity contribution in [3.63, 3.8) is 0 Å². The van der Waals surface area contributed by atoms with E-state index in [1.54, 1.807) is 48.5 Å². The molecule has 1 heterocycles. The minimum atomic E-state index is -1.67. The fourth-order valence-electron chi connectivity index (χ4n) is 1.50. The minimum absolute atomic E-state index is 0.293. The Bertz CT molecular complexity index is 520. The van der Waals surface area contributed by atoms with Crippen LogP contribution < -0.4 is 0 Å². The zero-order chi connectivity index (χ0) is 13.9. The number of nitrogens with zero attached hydrogens (tertiary/aromatic N) is 1. The van der Waals surface area contributed by atoms with Crippen molar-refractivity contribution in [3.8, 4) is 0 Å². The molecule has 0 aliphatic rings. The van der Waals surface area contributed by atoms with Crippen molar-refractivity contribution in [3.05, 3.63) is 66.0 Å². The number of hydrogen-bond acceptors (Lipinski definition) is 2. The van der Waals surface area contributed by atoms with Gasteiger partial charge < -0.3 is 4.79 Å². The molecule has 0 amide bonds. The first-order valence-corrected chi connectivity index (χ1v) is 4.96. The van der Waals surface area contributed by atoms with Crippen LogP contribution in [0.4, 0.5) is 0 Å². The number of carbonyl (C=O) groups excluding carboxylic acids is 1. The van der Waals surface area contributed by atoms with Gasteiger partial charge in [0, 0.05) is 26.9 Å². The third-order valence-corrected chi connectivity index (χ3v) is 2.23. The lowest BCUT2D eigenvalue weighted by atomic mass is 9.93. The van der Waals surface area contributed by atoms with E-state index >= 15 is 0 Å². The van der Waals surface area contributed by atoms with E-state index in [4.69, 9.17) is 4.11 Å². The molecule has 0 aliphatic carbocycles. The van der Waals surface area contributed by atoms with Gasteiger partial charge in [0.15, 0.2) is 0 Å². The van der Waals surface area contributed by atoms with E-state index in [-0.39, 0.29) is 0 Å². The van der Waals surface area contributed by atoms with Crippen LogP contribution in [0.2, 0.25) is 0 Å². The molecule has 1 aromatic heterocycles. The lowest BCUT2D eigenvalue weighted by Gasteiger charge is -2.13. The third kappa shape index (κ3) is 2.34. The molecule has 2 rings (SSSR count). The van der Waals surface area contributed by atoms with Crippen molar-refractivity contribution < 1.29 is 8.91 Å². The summed E-state index contributed by atoms with van der Waals surface area (Å²) >= 11 is 0. The third-order valence-electron chi connectivity index (χ3n) is 2.23. The van der Waals surface area contributed by atoms with E-state index in [9.17, 15) is 4.79 Å². The van der Waals surface area contributed by atoms with Crippen LogP contribution in [0.1, 0.15) is 27.7 Å². The predicted octanol–water partition coefficient (Wildman–Crippen LogP) is 2.80. The number of aldehydes is 1. The van der Waals surface area contributed by atoms with E-state index in [1.165, 1.54) is 6.20 Å². The number of benzene rings is 1. The average Bonchev–Trinajstić information content (AvgIpc) is 2.47. The Morgan fingerprint density at radius 1 is 1.31 bits per heavy atom. The van der Waals surface area contributed by atoms with Crippen molar-refractivity contribution in [1.82, 2.24) is 4.98 Å². The number of hydrogen-bond donors (Lipinski definition) is 0. The van der Waals surface area contributed by atoms with Gasteiger partial charge in [0.25, 0.3) is 0 Å². The fourth-order valence-corrected chi connectivity index (χ4v) is 1.50. The molecule has 0 radical (unpaired) electrons. The molecule has 0 saturated heterocycles. The number of pyridine rings is 1. The van der Waals surface area contributed by atoms with Gasteiger partial charge in [0.2, 0.25) is 0 Å². The van der Waals surface area contributed by atoms with Gasteiger partial charge in [0.05, 0.1) is 0 Å². The van der Waals surface area contributed by atoms with Crippen LogP contribution in [0.15, 0.2) is 54.7 Å². The minimum Gasteiger partial charge on any atom is -0.303 e. The van der Waals surface area contributed by atoms with Crippen LogP contribution >= 0.6 is 0 Å². The van der Waals surface area contributed by atoms with E-state index in [0.717, 1.165) is 0 Å². The van der Waals surface area contributed by atoms with Gasteiger partial charge in [-0.3, -0.25) is 4.98 Å². The summed E-state index contributed by atoms with van der Waals surface area (Å²) in [6.45, 7) is 0. The molecule has 0 aliphatic heterocycles. The van der Waals surface area contributed by atoms with E-state index in [1.807, 2.05) is 0 Å². The second kappa shape index (κ2) is 5.21. The highest BCUT2D eigenvalue weighted by Crippen LogP contribution is 2.24. The molecular weight excluding hydrogens is 198 g/mol. The van der Waals surface area contributed by atoms with Gasteiger partial charge >= 0.3 is 0 Å². The van der Waals surface area contributed by atoms with Crippen molar-refractivity contribution in [2.24, 2.45) is 0 Å². The predicted molar refractivity (Wildman–Crippen MR) is 63.2 cm³/mol. The van der Waals surface area contributed by atoms with Crippen LogP contribution in [-0.4, -0.2) is 11.2 Å². The van der Waals surface area contributed by atoms with Crippen LogP contribution in [0.25, 0.3) is 0 Å². The second-order valence-corrected chi connectivity index (χ2v) is 3.26. The van der Waals surface area contributed by atoms with E-state index in [2.05, 4.69) is 4.98 Å². The van der Waals surface area contributed by atoms with E-state index < -0.39 is 18.6 Å². The van der Waals surface area contributed by atoms with Gasteiger partial charge in [-0.15, -0.1) is 0 Å². The molecule has 1 aromatic carbocycles. The van der Waals surface area contributed by atoms with Crippen molar-refractivity contribution in [2.45, 2.75) is 12.3 Å². The molecule has 0 fully saturated rings. The second-order valence-electron chi connectivity index (χ2n) is 3.26. The number of rotatable bonds is 4. The van der Waals surface area contributed by atoms with Crippen LogP contribution in [0.5, 0.6) is 0 Å². The topological polar surface area (TPSA) is 30.0 Å². The van der Waals surface area contributed by atoms with Crippen molar-refractivity contribution in [2.75, 3.05) is 0 Å². The summed E-state index contributed by atoms with van der Waals surface area (Å²) in [6.07, 6.45) is -1.11. The van der Waals surface area contributed by atoms with Gasteiger partial charge in [-0.25, -0.2) is 0 Å². The summed E-state index contributed by atoms with van der Waals surface area (Å²) in [7, 11) is 0. The highest BCUT2D eigenvalue weighted by Gasteiger charge is 2.13. The zero-order valence-electron chi connectivity index (χ0n) is 11.6. The summed E-state index contributed by atoms with van der Waals surface area (Å²) < 4.78 is 23.6. The Morgan fingerprint density at radius 3 is 2.69 bits per heavy atom. The SMILES string of the molecule is [2H]C(=O)C([2H])C([2H])(c1ccccc1)c1ccccn1. The van der Waals surface area contributed by atoms with Crippen LogP contribution in [0, 0.1) is 0 Å². The maximum absolute atomic E-state index is 11.3. The van der Waals surface area contributed by atoms with Crippen LogP contribution in [-0.2, 0) is 4.79 Å². The molecule has 2 aromatic rings. The quantitative estimate of drug-likeness (QED) is 0.732. The van der Waals surface area contributed by atoms with Crippen LogP contribution in [0.3, 0.4) is 0 Å². The first kappa shape index (κ1) is 7.34. The zero-order valence-corrected chi connectivity index (χ0v) is 8.63. The molecule has 2 atom stereocenters. The lowest BCUT2D eigenvalue weighted by Crippen LogP contribution is -2.03. The summed E-state index contributed by atoms with van der Waals surface area (Å²) in [5.74, 6) is -1.67. The number of aromatic nitrogens is 1. The highest BCUT2D eigenvalue weighted by atomic mass is 16.1. The molecule has 0 N–H and O–H groups in total. The molecule has 2 nitrogen and oxygen atoms in total. The molecule has 0 saturated carbocycles. The highest BCUT2D eigenvalue weighted by molar-refractivity contribution is 5.53. The molecule has 0 bridgehead atoms. The van der Waals surface area contributed by atoms with Crippen molar-refractivity contribution >= 4 is 6.26 Å². The largest absolute Gasteiger partial charge is 0.303 e. The Hall–Kier alpha value is -1.96. The average molecular weight is 214 g/mol. The standard InChI is InChI=1S/C14H13NO/c16-11-9-13(12-6-2-1-3-7-12)14-8-4-5-10-15-14/h1-8,10-11,13H,9H2/i9D,11D,13D. The fraction of sp³-hybridized carbons (Fsp3) is 0.143. The summed E-state index contributed by atoms with van der Waals surface area (Å²) in [6, 6.07) is 13.6. The summed E-state index contributed by atoms with van der Waals surface area (Å²) in [5.41, 5.74) is 0.774. The Labute approximate surface area is 99.2 Å². The van der Waals surface area contributed by atoms with Gasteiger partial charge in [-0.05, 0) is 17.7 Å². The molecule has 80 valence electrons. The monoisotopic (exact) mass is 214 g/mol. The van der Waals surface area contributed by atoms with Gasteiger partial charge in [-0.2, -0.15) is 0 Å². The first-order valence-electron chi connectivity index (χ1n) is 6.54. The lowest BCUT2D eigenvalue weighted by molar-refractivity contribution is -0.108. The van der Waals surface area contributed by atoms with E-state index in [0.29, 0.717) is 11.3 Å². The van der Waals surface area contributed by atoms with Crippen molar-refractivity contribution in [1.29, 1.82) is 0 Å². The van der Waals surface area contributed by atoms with Gasteiger partial charge in [0.1, 0.15) is 7.63 Å². The Kier molecular flexibility index (Phi) is 2.39. The molecule has 0 spiro atoms. The van der Waals surface area contributed by atoms with Gasteiger partial charge in [-0.1, -0.05) is 36.4 Å². The number of carbonyl (C=O) groups is 1. The summed E-state index contributed by atoms with van der Waals surface area (Å²) in [4.78, 5) is 15.4. The maximum atomic E-state index is 11.3. The first-order chi connectivity index (χ1) is 9.06. The summed E-state index contributed by atoms with van der Waals surface area (Å²) in [5, 5.41) is 0.